The van der Waals surface area contributed by atoms with Gasteiger partial charge in [0.2, 0.25) is 0 Å². The highest BCUT2D eigenvalue weighted by molar-refractivity contribution is 8.05. The van der Waals surface area contributed by atoms with E-state index in [1.807, 2.05) is 48.5 Å². The minimum atomic E-state index is -0.101. The van der Waals surface area contributed by atoms with E-state index < -0.39 is 0 Å². The normalized spacial score (nSPS) is 26.0. The molecule has 3 atom stereocenters. The number of para-hydroxylation sites is 2. The van der Waals surface area contributed by atoms with Gasteiger partial charge in [-0.25, -0.2) is 0 Å². The third-order valence-corrected chi connectivity index (χ3v) is 6.96. The van der Waals surface area contributed by atoms with Crippen LogP contribution in [0, 0.1) is 5.92 Å². The fourth-order valence-corrected chi connectivity index (χ4v) is 5.50. The van der Waals surface area contributed by atoms with Crippen LogP contribution in [0.3, 0.4) is 0 Å². The van der Waals surface area contributed by atoms with Crippen LogP contribution in [-0.4, -0.2) is 29.5 Å². The van der Waals surface area contributed by atoms with E-state index in [9.17, 15) is 4.79 Å². The average molecular weight is 409 g/mol. The van der Waals surface area contributed by atoms with Gasteiger partial charge in [-0.15, -0.1) is 0 Å². The fraction of sp³-hybridized carbons (Fsp3) is 0.375. The summed E-state index contributed by atoms with van der Waals surface area (Å²) in [5.41, 5.74) is 1.86. The number of thioether (sulfide) groups is 1. The number of amides is 1. The molecule has 1 unspecified atom stereocenters. The minimum absolute atomic E-state index is 0.101. The van der Waals surface area contributed by atoms with Gasteiger partial charge in [-0.05, 0) is 43.0 Å². The Hall–Kier alpha value is -2.40. The SMILES string of the molecule is COc1ccccc1/C=C1\SC(Nc2ccccc2)N([C@@H]2CCCC[C@@H]2C)C1=O. The van der Waals surface area contributed by atoms with Crippen LogP contribution in [0.15, 0.2) is 59.5 Å². The number of carbonyl (C=O) groups is 1. The monoisotopic (exact) mass is 408 g/mol. The van der Waals surface area contributed by atoms with Gasteiger partial charge in [0.15, 0.2) is 5.50 Å². The zero-order valence-electron chi connectivity index (χ0n) is 17.0. The zero-order valence-corrected chi connectivity index (χ0v) is 17.8. The second-order valence-electron chi connectivity index (χ2n) is 7.77. The number of methoxy groups -OCH3 is 1. The highest BCUT2D eigenvalue weighted by Gasteiger charge is 2.42. The molecular formula is C24H28N2O2S. The van der Waals surface area contributed by atoms with Gasteiger partial charge in [0.1, 0.15) is 5.75 Å². The predicted octanol–water partition coefficient (Wildman–Crippen LogP) is 5.59. The second kappa shape index (κ2) is 8.95. The first kappa shape index (κ1) is 19.9. The van der Waals surface area contributed by atoms with Gasteiger partial charge in [-0.3, -0.25) is 4.79 Å². The van der Waals surface area contributed by atoms with Crippen LogP contribution in [0.1, 0.15) is 38.2 Å². The summed E-state index contributed by atoms with van der Waals surface area (Å²) >= 11 is 1.60. The van der Waals surface area contributed by atoms with Crippen molar-refractivity contribution in [2.24, 2.45) is 5.92 Å². The third kappa shape index (κ3) is 4.30. The fourth-order valence-electron chi connectivity index (χ4n) is 4.29. The van der Waals surface area contributed by atoms with E-state index in [2.05, 4.69) is 29.3 Å². The minimum Gasteiger partial charge on any atom is -0.496 e. The topological polar surface area (TPSA) is 41.6 Å². The Morgan fingerprint density at radius 3 is 2.55 bits per heavy atom. The number of hydrogen-bond acceptors (Lipinski definition) is 4. The Bertz CT molecular complexity index is 883. The van der Waals surface area contributed by atoms with Crippen molar-refractivity contribution >= 4 is 29.4 Å². The molecular weight excluding hydrogens is 380 g/mol. The molecule has 152 valence electrons. The lowest BCUT2D eigenvalue weighted by molar-refractivity contribution is -0.129. The first-order valence-electron chi connectivity index (χ1n) is 10.3. The van der Waals surface area contributed by atoms with Crippen molar-refractivity contribution in [3.8, 4) is 5.75 Å². The molecule has 4 nitrogen and oxygen atoms in total. The van der Waals surface area contributed by atoms with Gasteiger partial charge in [0.25, 0.3) is 5.91 Å². The Morgan fingerprint density at radius 2 is 1.79 bits per heavy atom. The molecule has 2 aliphatic rings. The van der Waals surface area contributed by atoms with Gasteiger partial charge in [-0.2, -0.15) is 0 Å². The molecule has 2 fully saturated rings. The molecule has 1 saturated heterocycles. The molecule has 0 bridgehead atoms. The summed E-state index contributed by atoms with van der Waals surface area (Å²) in [6.07, 6.45) is 6.67. The first-order chi connectivity index (χ1) is 14.2. The standard InChI is InChI=1S/C24H28N2O2S/c1-17-10-6-8-14-20(17)26-23(27)22(16-18-11-7-9-15-21(18)28-2)29-24(26)25-19-12-4-3-5-13-19/h3-5,7,9,11-13,15-17,20,24-25H,6,8,10,14H2,1-2H3/b22-16-/t17-,20+,24?/m0/s1. The van der Waals surface area contributed by atoms with E-state index in [0.29, 0.717) is 5.92 Å². The van der Waals surface area contributed by atoms with Crippen molar-refractivity contribution in [2.45, 2.75) is 44.1 Å². The lowest BCUT2D eigenvalue weighted by Gasteiger charge is -2.39. The van der Waals surface area contributed by atoms with Gasteiger partial charge in [0.05, 0.1) is 12.0 Å². The van der Waals surface area contributed by atoms with Crippen LogP contribution in [0.5, 0.6) is 5.75 Å². The Morgan fingerprint density at radius 1 is 1.07 bits per heavy atom. The average Bonchev–Trinajstić information content (AvgIpc) is 3.04. The molecule has 1 heterocycles. The number of nitrogens with zero attached hydrogens (tertiary/aromatic N) is 1. The molecule has 1 saturated carbocycles. The summed E-state index contributed by atoms with van der Waals surface area (Å²) in [4.78, 5) is 16.4. The molecule has 1 amide bonds. The van der Waals surface area contributed by atoms with Gasteiger partial charge < -0.3 is 15.0 Å². The van der Waals surface area contributed by atoms with Crippen LogP contribution < -0.4 is 10.1 Å². The van der Waals surface area contributed by atoms with Crippen molar-refractivity contribution in [1.29, 1.82) is 0 Å². The third-order valence-electron chi connectivity index (χ3n) is 5.85. The van der Waals surface area contributed by atoms with Crippen LogP contribution >= 0.6 is 11.8 Å². The molecule has 2 aromatic rings. The number of carbonyl (C=O) groups excluding carboxylic acids is 1. The number of ether oxygens (including phenoxy) is 1. The molecule has 1 aliphatic carbocycles. The second-order valence-corrected chi connectivity index (χ2v) is 8.89. The number of hydrogen-bond donors (Lipinski definition) is 1. The summed E-state index contributed by atoms with van der Waals surface area (Å²) in [6.45, 7) is 2.28. The maximum Gasteiger partial charge on any atom is 0.262 e. The molecule has 1 aliphatic heterocycles. The molecule has 4 rings (SSSR count). The lowest BCUT2D eigenvalue weighted by Crippen LogP contribution is -2.48. The van der Waals surface area contributed by atoms with E-state index in [1.165, 1.54) is 19.3 Å². The van der Waals surface area contributed by atoms with Gasteiger partial charge in [0, 0.05) is 17.3 Å². The number of anilines is 1. The number of rotatable bonds is 5. The highest BCUT2D eigenvalue weighted by atomic mass is 32.2. The van der Waals surface area contributed by atoms with E-state index >= 15 is 0 Å². The van der Waals surface area contributed by atoms with Crippen molar-refractivity contribution in [2.75, 3.05) is 12.4 Å². The van der Waals surface area contributed by atoms with E-state index in [1.54, 1.807) is 18.9 Å². The maximum absolute atomic E-state index is 13.5. The van der Waals surface area contributed by atoms with Crippen molar-refractivity contribution in [3.63, 3.8) is 0 Å². The predicted molar refractivity (Wildman–Crippen MR) is 121 cm³/mol. The van der Waals surface area contributed by atoms with Crippen LogP contribution in [0.4, 0.5) is 5.69 Å². The smallest absolute Gasteiger partial charge is 0.262 e. The molecule has 0 spiro atoms. The quantitative estimate of drug-likeness (QED) is 0.655. The molecule has 29 heavy (non-hydrogen) atoms. The van der Waals surface area contributed by atoms with Crippen molar-refractivity contribution in [1.82, 2.24) is 4.90 Å². The van der Waals surface area contributed by atoms with Crippen LogP contribution in [0.25, 0.3) is 6.08 Å². The molecule has 1 N–H and O–H groups in total. The highest BCUT2D eigenvalue weighted by Crippen LogP contribution is 2.42. The Labute approximate surface area is 177 Å². The summed E-state index contributed by atoms with van der Waals surface area (Å²) in [7, 11) is 1.66. The van der Waals surface area contributed by atoms with E-state index in [0.717, 1.165) is 28.3 Å². The number of benzene rings is 2. The van der Waals surface area contributed by atoms with Gasteiger partial charge in [-0.1, -0.05) is 67.9 Å². The zero-order chi connectivity index (χ0) is 20.2. The van der Waals surface area contributed by atoms with E-state index in [-0.39, 0.29) is 17.4 Å². The first-order valence-corrected chi connectivity index (χ1v) is 11.2. The van der Waals surface area contributed by atoms with Gasteiger partial charge >= 0.3 is 0 Å². The Balaban J connectivity index is 1.66. The number of nitrogens with one attached hydrogen (secondary N) is 1. The summed E-state index contributed by atoms with van der Waals surface area (Å²) in [6, 6.07) is 18.2. The molecule has 2 aromatic carbocycles. The van der Waals surface area contributed by atoms with Crippen LogP contribution in [-0.2, 0) is 4.79 Å². The lowest BCUT2D eigenvalue weighted by atomic mass is 9.85. The molecule has 0 aromatic heterocycles. The van der Waals surface area contributed by atoms with Crippen molar-refractivity contribution in [3.05, 3.63) is 65.1 Å². The summed E-state index contributed by atoms with van der Waals surface area (Å²) in [5, 5.41) is 3.58. The summed E-state index contributed by atoms with van der Waals surface area (Å²) < 4.78 is 5.48. The molecule has 0 radical (unpaired) electrons. The Kier molecular flexibility index (Phi) is 6.14. The molecule has 5 heteroatoms. The van der Waals surface area contributed by atoms with E-state index in [4.69, 9.17) is 4.74 Å². The largest absolute Gasteiger partial charge is 0.496 e. The van der Waals surface area contributed by atoms with Crippen LogP contribution in [0.2, 0.25) is 0 Å². The van der Waals surface area contributed by atoms with Crippen molar-refractivity contribution < 1.29 is 9.53 Å². The maximum atomic E-state index is 13.5. The summed E-state index contributed by atoms with van der Waals surface area (Å²) in [5.74, 6) is 1.41.